The Balaban J connectivity index is 1.70. The van der Waals surface area contributed by atoms with E-state index in [0.717, 1.165) is 12.4 Å². The molecule has 12 nitrogen and oxygen atoms in total. The molecule has 0 unspecified atom stereocenters. The first-order valence-corrected chi connectivity index (χ1v) is 6.73. The van der Waals surface area contributed by atoms with Crippen molar-refractivity contribution in [1.82, 2.24) is 20.1 Å². The van der Waals surface area contributed by atoms with E-state index in [9.17, 15) is 25.0 Å². The lowest BCUT2D eigenvalue weighted by atomic mass is 10.4. The normalized spacial score (nSPS) is 10.2. The summed E-state index contributed by atoms with van der Waals surface area (Å²) < 4.78 is 1.17. The summed E-state index contributed by atoms with van der Waals surface area (Å²) in [5.41, 5.74) is -0.295. The van der Waals surface area contributed by atoms with Crippen LogP contribution >= 0.6 is 0 Å². The van der Waals surface area contributed by atoms with Crippen LogP contribution in [0.5, 0.6) is 0 Å². The average Bonchev–Trinajstić information content (AvgIpc) is 3.00. The van der Waals surface area contributed by atoms with Crippen molar-refractivity contribution >= 4 is 23.1 Å². The molecule has 0 spiro atoms. The predicted octanol–water partition coefficient (Wildman–Crippen LogP) is 0.323. The molecule has 0 saturated carbocycles. The maximum atomic E-state index is 11.7. The zero-order chi connectivity index (χ0) is 17.5. The molecule has 0 saturated heterocycles. The molecule has 1 amide bonds. The Kier molecular flexibility index (Phi) is 5.33. The van der Waals surface area contributed by atoms with Gasteiger partial charge in [-0.25, -0.2) is 4.98 Å². The highest BCUT2D eigenvalue weighted by Crippen LogP contribution is 2.11. The monoisotopic (exact) mass is 335 g/mol. The third kappa shape index (κ3) is 4.72. The van der Waals surface area contributed by atoms with E-state index >= 15 is 0 Å². The molecule has 2 N–H and O–H groups in total. The zero-order valence-electron chi connectivity index (χ0n) is 12.3. The summed E-state index contributed by atoms with van der Waals surface area (Å²) >= 11 is 0. The number of hydrogen-bond donors (Lipinski definition) is 2. The number of aromatic nitrogens is 3. The van der Waals surface area contributed by atoms with E-state index in [1.54, 1.807) is 0 Å². The van der Waals surface area contributed by atoms with Crippen molar-refractivity contribution in [3.8, 4) is 0 Å². The van der Waals surface area contributed by atoms with Gasteiger partial charge in [0.2, 0.25) is 5.91 Å². The summed E-state index contributed by atoms with van der Waals surface area (Å²) in [6, 6.07) is 2.78. The average molecular weight is 335 g/mol. The smallest absolute Gasteiger partial charge is 0.307 e. The first-order chi connectivity index (χ1) is 11.5. The highest BCUT2D eigenvalue weighted by molar-refractivity contribution is 5.75. The van der Waals surface area contributed by atoms with Crippen molar-refractivity contribution in [3.63, 3.8) is 0 Å². The second-order valence-electron chi connectivity index (χ2n) is 4.59. The number of amides is 1. The number of hydrogen-bond acceptors (Lipinski definition) is 8. The van der Waals surface area contributed by atoms with Crippen molar-refractivity contribution in [2.75, 3.05) is 18.4 Å². The SMILES string of the molecule is O=C(Cn1cc([N+](=O)[O-])cn1)NCCNc1ccc([N+](=O)[O-])cn1. The molecule has 0 aliphatic carbocycles. The Morgan fingerprint density at radius 3 is 2.46 bits per heavy atom. The van der Waals surface area contributed by atoms with Crippen LogP contribution in [0.3, 0.4) is 0 Å². The van der Waals surface area contributed by atoms with Gasteiger partial charge < -0.3 is 10.6 Å². The van der Waals surface area contributed by atoms with Crippen molar-refractivity contribution in [2.45, 2.75) is 6.54 Å². The van der Waals surface area contributed by atoms with Gasteiger partial charge in [-0.2, -0.15) is 5.10 Å². The fraction of sp³-hybridized carbons (Fsp3) is 0.250. The van der Waals surface area contributed by atoms with E-state index in [1.165, 1.54) is 23.0 Å². The highest BCUT2D eigenvalue weighted by Gasteiger charge is 2.11. The first kappa shape index (κ1) is 16.8. The van der Waals surface area contributed by atoms with Gasteiger partial charge in [0, 0.05) is 19.2 Å². The molecule has 126 valence electrons. The summed E-state index contributed by atoms with van der Waals surface area (Å²) in [6.07, 6.45) is 3.36. The Labute approximate surface area is 134 Å². The van der Waals surface area contributed by atoms with Gasteiger partial charge >= 0.3 is 5.69 Å². The zero-order valence-corrected chi connectivity index (χ0v) is 12.3. The maximum Gasteiger partial charge on any atom is 0.307 e. The second kappa shape index (κ2) is 7.62. The topological polar surface area (TPSA) is 158 Å². The molecule has 0 bridgehead atoms. The van der Waals surface area contributed by atoms with Crippen LogP contribution in [0.2, 0.25) is 0 Å². The largest absolute Gasteiger partial charge is 0.368 e. The lowest BCUT2D eigenvalue weighted by Gasteiger charge is -2.07. The lowest BCUT2D eigenvalue weighted by Crippen LogP contribution is -2.31. The molecule has 24 heavy (non-hydrogen) atoms. The van der Waals surface area contributed by atoms with Crippen LogP contribution in [0.15, 0.2) is 30.7 Å². The van der Waals surface area contributed by atoms with E-state index < -0.39 is 9.85 Å². The number of anilines is 1. The van der Waals surface area contributed by atoms with Gasteiger partial charge in [-0.15, -0.1) is 0 Å². The third-order valence-electron chi connectivity index (χ3n) is 2.85. The van der Waals surface area contributed by atoms with Gasteiger partial charge in [0.25, 0.3) is 5.69 Å². The van der Waals surface area contributed by atoms with E-state index in [4.69, 9.17) is 0 Å². The van der Waals surface area contributed by atoms with Crippen molar-refractivity contribution in [1.29, 1.82) is 0 Å². The van der Waals surface area contributed by atoms with Crippen LogP contribution in [-0.4, -0.2) is 43.6 Å². The van der Waals surface area contributed by atoms with Crippen LogP contribution in [-0.2, 0) is 11.3 Å². The number of nitrogens with one attached hydrogen (secondary N) is 2. The van der Waals surface area contributed by atoms with Crippen molar-refractivity contribution < 1.29 is 14.6 Å². The Bertz CT molecular complexity index is 743. The summed E-state index contributed by atoms with van der Waals surface area (Å²) in [5.74, 6) is 0.0870. The molecule has 0 fully saturated rings. The van der Waals surface area contributed by atoms with Gasteiger partial charge in [-0.3, -0.25) is 29.7 Å². The van der Waals surface area contributed by atoms with Crippen molar-refractivity contribution in [2.24, 2.45) is 0 Å². The molecule has 0 aliphatic rings. The van der Waals surface area contributed by atoms with E-state index in [0.29, 0.717) is 12.4 Å². The fourth-order valence-electron chi connectivity index (χ4n) is 1.73. The first-order valence-electron chi connectivity index (χ1n) is 6.73. The van der Waals surface area contributed by atoms with E-state index in [2.05, 4.69) is 20.7 Å². The molecule has 0 aromatic carbocycles. The molecular formula is C12H13N7O5. The Morgan fingerprint density at radius 1 is 1.12 bits per heavy atom. The summed E-state index contributed by atoms with van der Waals surface area (Å²) in [4.78, 5) is 35.4. The minimum atomic E-state index is -0.595. The Morgan fingerprint density at radius 2 is 1.88 bits per heavy atom. The number of carbonyl (C=O) groups excluding carboxylic acids is 1. The van der Waals surface area contributed by atoms with Crippen molar-refractivity contribution in [3.05, 3.63) is 51.0 Å². The number of rotatable bonds is 8. The molecule has 2 heterocycles. The second-order valence-corrected chi connectivity index (χ2v) is 4.59. The highest BCUT2D eigenvalue weighted by atomic mass is 16.6. The minimum Gasteiger partial charge on any atom is -0.368 e. The molecule has 0 radical (unpaired) electrons. The minimum absolute atomic E-state index is 0.109. The third-order valence-corrected chi connectivity index (χ3v) is 2.85. The van der Waals surface area contributed by atoms with Gasteiger partial charge in [0.05, 0.1) is 9.85 Å². The molecule has 2 rings (SSSR count). The molecule has 12 heteroatoms. The predicted molar refractivity (Wildman–Crippen MR) is 81.3 cm³/mol. The standard InChI is InChI=1S/C12H13N7O5/c20-12(8-17-7-10(6-16-17)19(23)24)14-4-3-13-11-2-1-9(5-15-11)18(21)22/h1-2,5-7H,3-4,8H2,(H,13,15)(H,14,20). The molecule has 2 aromatic heterocycles. The van der Waals surface area contributed by atoms with Crippen LogP contribution in [0, 0.1) is 20.2 Å². The van der Waals surface area contributed by atoms with Gasteiger partial charge in [0.15, 0.2) is 0 Å². The van der Waals surface area contributed by atoms with Gasteiger partial charge in [-0.05, 0) is 6.07 Å². The van der Waals surface area contributed by atoms with Crippen LogP contribution in [0.4, 0.5) is 17.2 Å². The fourth-order valence-corrected chi connectivity index (χ4v) is 1.73. The van der Waals surface area contributed by atoms with Crippen LogP contribution in [0.1, 0.15) is 0 Å². The number of nitro groups is 2. The summed E-state index contributed by atoms with van der Waals surface area (Å²) in [6.45, 7) is 0.500. The quantitative estimate of drug-likeness (QED) is 0.396. The summed E-state index contributed by atoms with van der Waals surface area (Å²) in [7, 11) is 0. The summed E-state index contributed by atoms with van der Waals surface area (Å²) in [5, 5.41) is 30.2. The van der Waals surface area contributed by atoms with E-state index in [-0.39, 0.29) is 30.4 Å². The lowest BCUT2D eigenvalue weighted by molar-refractivity contribution is -0.385. The van der Waals surface area contributed by atoms with Gasteiger partial charge in [-0.1, -0.05) is 0 Å². The van der Waals surface area contributed by atoms with Crippen LogP contribution < -0.4 is 10.6 Å². The number of nitrogens with zero attached hydrogens (tertiary/aromatic N) is 5. The number of pyridine rings is 1. The molecule has 2 aromatic rings. The number of carbonyl (C=O) groups is 1. The molecule has 0 atom stereocenters. The van der Waals surface area contributed by atoms with E-state index in [1.807, 2.05) is 0 Å². The maximum absolute atomic E-state index is 11.7. The molecular weight excluding hydrogens is 322 g/mol. The Hall–Kier alpha value is -3.57. The van der Waals surface area contributed by atoms with Gasteiger partial charge in [0.1, 0.15) is 31.0 Å². The molecule has 0 aliphatic heterocycles. The van der Waals surface area contributed by atoms with Crippen LogP contribution in [0.25, 0.3) is 0 Å².